The number of hydrogen-bond acceptors (Lipinski definition) is 6. The van der Waals surface area contributed by atoms with E-state index in [2.05, 4.69) is 15.6 Å². The number of nitrogens with one attached hydrogen (secondary N) is 1. The van der Waals surface area contributed by atoms with Gasteiger partial charge in [-0.15, -0.1) is 16.4 Å². The van der Waals surface area contributed by atoms with E-state index < -0.39 is 11.8 Å². The Hall–Kier alpha value is -2.26. The van der Waals surface area contributed by atoms with Gasteiger partial charge in [-0.25, -0.2) is 0 Å². The number of amides is 2. The first-order valence-electron chi connectivity index (χ1n) is 5.40. The molecule has 5 N–H and O–H groups in total. The average molecular weight is 280 g/mol. The summed E-state index contributed by atoms with van der Waals surface area (Å²) in [5.41, 5.74) is 11.0. The molecule has 2 rings (SSSR count). The van der Waals surface area contributed by atoms with Crippen LogP contribution in [0.4, 0.5) is 5.00 Å². The second kappa shape index (κ2) is 5.59. The van der Waals surface area contributed by atoms with Crippen LogP contribution in [0.15, 0.2) is 17.6 Å². The van der Waals surface area contributed by atoms with Gasteiger partial charge in [0.15, 0.2) is 5.69 Å². The summed E-state index contributed by atoms with van der Waals surface area (Å²) in [4.78, 5) is 23.0. The number of aromatic nitrogens is 3. The molecule has 100 valence electrons. The molecule has 8 nitrogen and oxygen atoms in total. The number of carbonyl (C=O) groups excluding carboxylic acids is 2. The second-order valence-electron chi connectivity index (χ2n) is 3.64. The number of nitrogens with two attached hydrogens (primary N) is 2. The van der Waals surface area contributed by atoms with Crippen LogP contribution in [0.3, 0.4) is 0 Å². The van der Waals surface area contributed by atoms with Crippen molar-refractivity contribution in [1.82, 2.24) is 15.0 Å². The number of hydrogen-bond donors (Lipinski definition) is 3. The van der Waals surface area contributed by atoms with Crippen molar-refractivity contribution in [3.8, 4) is 0 Å². The van der Waals surface area contributed by atoms with E-state index in [0.717, 1.165) is 0 Å². The van der Waals surface area contributed by atoms with Crippen LogP contribution >= 0.6 is 11.3 Å². The minimum Gasteiger partial charge on any atom is -0.366 e. The van der Waals surface area contributed by atoms with Crippen LogP contribution in [0.2, 0.25) is 0 Å². The molecule has 0 radical (unpaired) electrons. The molecule has 0 fully saturated rings. The summed E-state index contributed by atoms with van der Waals surface area (Å²) in [6, 6.07) is 1.55. The smallest absolute Gasteiger partial charge is 0.278 e. The molecule has 2 heterocycles. The zero-order valence-electron chi connectivity index (χ0n) is 9.87. The summed E-state index contributed by atoms with van der Waals surface area (Å²) < 4.78 is 1.47. The molecule has 19 heavy (non-hydrogen) atoms. The van der Waals surface area contributed by atoms with Crippen molar-refractivity contribution in [1.29, 1.82) is 0 Å². The Morgan fingerprint density at radius 1 is 1.47 bits per heavy atom. The highest BCUT2D eigenvalue weighted by Crippen LogP contribution is 2.23. The number of anilines is 1. The van der Waals surface area contributed by atoms with E-state index in [1.807, 2.05) is 0 Å². The molecule has 9 heteroatoms. The van der Waals surface area contributed by atoms with Crippen molar-refractivity contribution in [2.24, 2.45) is 11.5 Å². The van der Waals surface area contributed by atoms with Crippen molar-refractivity contribution in [2.75, 3.05) is 11.9 Å². The molecule has 0 aliphatic rings. The lowest BCUT2D eigenvalue weighted by atomic mass is 10.3. The standard InChI is InChI=1S/C10H12N6O2S/c11-2-3-16-5-7(14-15-16)9(18)13-10-6(8(12)17)1-4-19-10/h1,4-5H,2-3,11H2,(H2,12,17)(H,13,18). The van der Waals surface area contributed by atoms with Gasteiger partial charge in [0, 0.05) is 6.54 Å². The minimum atomic E-state index is -0.594. The number of primary amides is 1. The quantitative estimate of drug-likeness (QED) is 0.689. The SMILES string of the molecule is NCCn1cc(C(=O)Nc2sccc2C(N)=O)nn1. The lowest BCUT2D eigenvalue weighted by molar-refractivity contribution is 0.100. The van der Waals surface area contributed by atoms with Crippen LogP contribution in [0.5, 0.6) is 0 Å². The van der Waals surface area contributed by atoms with Gasteiger partial charge in [-0.1, -0.05) is 5.21 Å². The third-order valence-corrected chi connectivity index (χ3v) is 3.12. The Morgan fingerprint density at radius 3 is 2.95 bits per heavy atom. The maximum atomic E-state index is 11.9. The van der Waals surface area contributed by atoms with Crippen molar-refractivity contribution in [2.45, 2.75) is 6.54 Å². The molecule has 0 saturated heterocycles. The van der Waals surface area contributed by atoms with E-state index in [1.165, 1.54) is 22.2 Å². The lowest BCUT2D eigenvalue weighted by Crippen LogP contribution is -2.16. The fourth-order valence-electron chi connectivity index (χ4n) is 1.41. The molecular weight excluding hydrogens is 268 g/mol. The predicted molar refractivity (Wildman–Crippen MR) is 69.9 cm³/mol. The molecule has 2 aromatic rings. The third kappa shape index (κ3) is 2.95. The molecule has 0 spiro atoms. The Labute approximate surface area is 112 Å². The molecule has 2 aromatic heterocycles. The molecule has 0 aliphatic heterocycles. The predicted octanol–water partition coefficient (Wildman–Crippen LogP) is -0.351. The molecule has 2 amide bonds. The van der Waals surface area contributed by atoms with Crippen molar-refractivity contribution >= 4 is 28.2 Å². The summed E-state index contributed by atoms with van der Waals surface area (Å²) >= 11 is 1.21. The highest BCUT2D eigenvalue weighted by atomic mass is 32.1. The van der Waals surface area contributed by atoms with E-state index in [0.29, 0.717) is 18.1 Å². The van der Waals surface area contributed by atoms with E-state index in [9.17, 15) is 9.59 Å². The van der Waals surface area contributed by atoms with Gasteiger partial charge < -0.3 is 16.8 Å². The first-order valence-corrected chi connectivity index (χ1v) is 6.28. The highest BCUT2D eigenvalue weighted by molar-refractivity contribution is 7.14. The van der Waals surface area contributed by atoms with Gasteiger partial charge in [-0.3, -0.25) is 14.3 Å². The fraction of sp³-hybridized carbons (Fsp3) is 0.200. The Kier molecular flexibility index (Phi) is 3.88. The summed E-state index contributed by atoms with van der Waals surface area (Å²) in [5.74, 6) is -1.04. The maximum Gasteiger partial charge on any atom is 0.278 e. The van der Waals surface area contributed by atoms with Gasteiger partial charge in [0.2, 0.25) is 0 Å². The van der Waals surface area contributed by atoms with Gasteiger partial charge in [0.05, 0.1) is 18.3 Å². The van der Waals surface area contributed by atoms with E-state index >= 15 is 0 Å². The van der Waals surface area contributed by atoms with Crippen molar-refractivity contribution in [3.63, 3.8) is 0 Å². The van der Waals surface area contributed by atoms with Gasteiger partial charge in [-0.05, 0) is 11.4 Å². The van der Waals surface area contributed by atoms with Crippen LogP contribution in [0.1, 0.15) is 20.8 Å². The van der Waals surface area contributed by atoms with Crippen molar-refractivity contribution < 1.29 is 9.59 Å². The van der Waals surface area contributed by atoms with Gasteiger partial charge in [-0.2, -0.15) is 0 Å². The van der Waals surface area contributed by atoms with E-state index in [1.54, 1.807) is 11.4 Å². The highest BCUT2D eigenvalue weighted by Gasteiger charge is 2.15. The number of carbonyl (C=O) groups is 2. The van der Waals surface area contributed by atoms with Gasteiger partial charge in [0.1, 0.15) is 5.00 Å². The zero-order chi connectivity index (χ0) is 13.8. The van der Waals surface area contributed by atoms with Crippen LogP contribution < -0.4 is 16.8 Å². The molecule has 0 atom stereocenters. The zero-order valence-corrected chi connectivity index (χ0v) is 10.7. The Balaban J connectivity index is 2.11. The molecule has 0 bridgehead atoms. The number of thiophene rings is 1. The summed E-state index contributed by atoms with van der Waals surface area (Å²) in [7, 11) is 0. The van der Waals surface area contributed by atoms with Gasteiger partial charge >= 0.3 is 0 Å². The second-order valence-corrected chi connectivity index (χ2v) is 4.55. The minimum absolute atomic E-state index is 0.150. The Morgan fingerprint density at radius 2 is 2.26 bits per heavy atom. The average Bonchev–Trinajstić information content (AvgIpc) is 2.98. The van der Waals surface area contributed by atoms with Crippen LogP contribution in [-0.4, -0.2) is 33.4 Å². The third-order valence-electron chi connectivity index (χ3n) is 2.29. The first kappa shape index (κ1) is 13.2. The largest absolute Gasteiger partial charge is 0.366 e. The molecular formula is C10H12N6O2S. The molecule has 0 aliphatic carbocycles. The van der Waals surface area contributed by atoms with E-state index in [-0.39, 0.29) is 11.3 Å². The molecule has 0 unspecified atom stereocenters. The molecule has 0 aromatic carbocycles. The van der Waals surface area contributed by atoms with Crippen LogP contribution in [0.25, 0.3) is 0 Å². The van der Waals surface area contributed by atoms with Gasteiger partial charge in [0.25, 0.3) is 11.8 Å². The van der Waals surface area contributed by atoms with Crippen LogP contribution in [0, 0.1) is 0 Å². The monoisotopic (exact) mass is 280 g/mol. The summed E-state index contributed by atoms with van der Waals surface area (Å²) in [6.45, 7) is 0.882. The topological polar surface area (TPSA) is 129 Å². The molecule has 0 saturated carbocycles. The lowest BCUT2D eigenvalue weighted by Gasteiger charge is -2.01. The first-order chi connectivity index (χ1) is 9.11. The number of rotatable bonds is 5. The maximum absolute atomic E-state index is 11.9. The van der Waals surface area contributed by atoms with Crippen LogP contribution in [-0.2, 0) is 6.54 Å². The Bertz CT molecular complexity index is 605. The summed E-state index contributed by atoms with van der Waals surface area (Å²) in [6.07, 6.45) is 1.49. The number of nitrogens with zero attached hydrogens (tertiary/aromatic N) is 3. The van der Waals surface area contributed by atoms with Crippen molar-refractivity contribution in [3.05, 3.63) is 28.9 Å². The fourth-order valence-corrected chi connectivity index (χ4v) is 2.20. The normalized spacial score (nSPS) is 10.4. The summed E-state index contributed by atoms with van der Waals surface area (Å²) in [5, 5.41) is 12.1. The van der Waals surface area contributed by atoms with E-state index in [4.69, 9.17) is 11.5 Å².